The lowest BCUT2D eigenvalue weighted by Gasteiger charge is -2.32. The van der Waals surface area contributed by atoms with Gasteiger partial charge in [-0.1, -0.05) is 6.07 Å². The van der Waals surface area contributed by atoms with Gasteiger partial charge in [-0.05, 0) is 43.9 Å². The highest BCUT2D eigenvalue weighted by Crippen LogP contribution is 2.22. The molecule has 25 heavy (non-hydrogen) atoms. The van der Waals surface area contributed by atoms with Crippen molar-refractivity contribution in [1.29, 1.82) is 0 Å². The van der Waals surface area contributed by atoms with Crippen LogP contribution in [0.5, 0.6) is 0 Å². The second kappa shape index (κ2) is 7.55. The van der Waals surface area contributed by atoms with Crippen LogP contribution in [0.2, 0.25) is 0 Å². The fourth-order valence-corrected chi connectivity index (χ4v) is 2.99. The van der Waals surface area contributed by atoms with Crippen molar-refractivity contribution in [3.8, 4) is 0 Å². The number of amides is 4. The number of benzene rings is 1. The molecule has 1 unspecified atom stereocenters. The molecule has 4 amide bonds. The van der Waals surface area contributed by atoms with Crippen LogP contribution in [0, 0.1) is 5.92 Å². The van der Waals surface area contributed by atoms with Crippen molar-refractivity contribution >= 4 is 29.2 Å². The molecule has 0 aromatic heterocycles. The average molecular weight is 344 g/mol. The number of nitrogens with one attached hydrogen (secondary N) is 3. The molecule has 0 radical (unpaired) electrons. The second-order valence-electron chi connectivity index (χ2n) is 6.76. The Labute approximate surface area is 147 Å². The minimum atomic E-state index is -0.219. The first-order valence-corrected chi connectivity index (χ1v) is 8.75. The minimum absolute atomic E-state index is 0.0624. The monoisotopic (exact) mass is 344 g/mol. The van der Waals surface area contributed by atoms with Gasteiger partial charge in [-0.3, -0.25) is 9.59 Å². The summed E-state index contributed by atoms with van der Waals surface area (Å²) < 4.78 is 0. The molecule has 3 rings (SSSR count). The second-order valence-corrected chi connectivity index (χ2v) is 6.76. The smallest absolute Gasteiger partial charge is 0.317 e. The molecule has 134 valence electrons. The van der Waals surface area contributed by atoms with Gasteiger partial charge in [-0.15, -0.1) is 0 Å². The molecule has 7 nitrogen and oxygen atoms in total. The van der Waals surface area contributed by atoms with Gasteiger partial charge in [0.2, 0.25) is 11.8 Å². The Balaban J connectivity index is 1.56. The molecule has 1 aliphatic carbocycles. The summed E-state index contributed by atoms with van der Waals surface area (Å²) in [5.74, 6) is -0.472. The SMILES string of the molecule is CC(=O)Nc1cccc(NC(=O)C2CCCN(C(=O)NC3CC3)C2)c1. The molecule has 2 fully saturated rings. The Morgan fingerprint density at radius 1 is 1.08 bits per heavy atom. The van der Waals surface area contributed by atoms with Crippen LogP contribution in [0.1, 0.15) is 32.6 Å². The third kappa shape index (κ3) is 4.95. The van der Waals surface area contributed by atoms with Gasteiger partial charge in [0.25, 0.3) is 0 Å². The Morgan fingerprint density at radius 3 is 2.48 bits per heavy atom. The molecule has 1 atom stereocenters. The first-order valence-electron chi connectivity index (χ1n) is 8.75. The summed E-state index contributed by atoms with van der Waals surface area (Å²) in [7, 11) is 0. The van der Waals surface area contributed by atoms with E-state index in [0.717, 1.165) is 25.7 Å². The van der Waals surface area contributed by atoms with E-state index in [9.17, 15) is 14.4 Å². The predicted octanol–water partition coefficient (Wildman–Crippen LogP) is 2.17. The van der Waals surface area contributed by atoms with Crippen molar-refractivity contribution in [1.82, 2.24) is 10.2 Å². The summed E-state index contributed by atoms with van der Waals surface area (Å²) in [4.78, 5) is 37.6. The van der Waals surface area contributed by atoms with Gasteiger partial charge in [0.05, 0.1) is 5.92 Å². The van der Waals surface area contributed by atoms with Gasteiger partial charge in [0, 0.05) is 37.4 Å². The maximum absolute atomic E-state index is 12.5. The predicted molar refractivity (Wildman–Crippen MR) is 95.2 cm³/mol. The fourth-order valence-electron chi connectivity index (χ4n) is 2.99. The molecular formula is C18H24N4O3. The van der Waals surface area contributed by atoms with Crippen LogP contribution in [0.15, 0.2) is 24.3 Å². The molecule has 0 spiro atoms. The maximum atomic E-state index is 12.5. The zero-order valence-corrected chi connectivity index (χ0v) is 14.4. The van der Waals surface area contributed by atoms with E-state index in [2.05, 4.69) is 16.0 Å². The standard InChI is InChI=1S/C18H24N4O3/c1-12(23)19-15-5-2-6-16(10-15)20-17(24)13-4-3-9-22(11-13)18(25)21-14-7-8-14/h2,5-6,10,13-14H,3-4,7-9,11H2,1H3,(H,19,23)(H,20,24)(H,21,25). The molecule has 1 heterocycles. The highest BCUT2D eigenvalue weighted by Gasteiger charge is 2.31. The van der Waals surface area contributed by atoms with E-state index in [0.29, 0.717) is 30.5 Å². The van der Waals surface area contributed by atoms with E-state index in [-0.39, 0.29) is 23.8 Å². The lowest BCUT2D eigenvalue weighted by molar-refractivity contribution is -0.121. The number of urea groups is 1. The van der Waals surface area contributed by atoms with E-state index in [1.54, 1.807) is 29.2 Å². The number of hydrogen-bond donors (Lipinski definition) is 3. The Hall–Kier alpha value is -2.57. The third-order valence-electron chi connectivity index (χ3n) is 4.43. The number of likely N-dealkylation sites (tertiary alicyclic amines) is 1. The van der Waals surface area contributed by atoms with Crippen LogP contribution in [0.4, 0.5) is 16.2 Å². The van der Waals surface area contributed by atoms with Crippen molar-refractivity contribution in [2.45, 2.75) is 38.6 Å². The van der Waals surface area contributed by atoms with Gasteiger partial charge in [0.15, 0.2) is 0 Å². The number of nitrogens with zero attached hydrogens (tertiary/aromatic N) is 1. The number of hydrogen-bond acceptors (Lipinski definition) is 3. The summed E-state index contributed by atoms with van der Waals surface area (Å²) in [6.45, 7) is 2.57. The minimum Gasteiger partial charge on any atom is -0.335 e. The summed E-state index contributed by atoms with van der Waals surface area (Å²) in [6, 6.07) is 7.30. The normalized spacial score (nSPS) is 19.9. The van der Waals surface area contributed by atoms with Gasteiger partial charge in [-0.2, -0.15) is 0 Å². The van der Waals surface area contributed by atoms with E-state index < -0.39 is 0 Å². The molecule has 1 aromatic rings. The van der Waals surface area contributed by atoms with E-state index in [4.69, 9.17) is 0 Å². The van der Waals surface area contributed by atoms with Crippen molar-refractivity contribution in [2.24, 2.45) is 5.92 Å². The summed E-state index contributed by atoms with van der Waals surface area (Å²) >= 11 is 0. The number of anilines is 2. The summed E-state index contributed by atoms with van der Waals surface area (Å²) in [6.07, 6.45) is 3.69. The third-order valence-corrected chi connectivity index (χ3v) is 4.43. The van der Waals surface area contributed by atoms with Gasteiger partial charge in [-0.25, -0.2) is 4.79 Å². The van der Waals surface area contributed by atoms with Crippen LogP contribution in [-0.2, 0) is 9.59 Å². The lowest BCUT2D eigenvalue weighted by atomic mass is 9.97. The molecule has 1 saturated heterocycles. The summed E-state index contributed by atoms with van der Waals surface area (Å²) in [5.41, 5.74) is 1.27. The zero-order chi connectivity index (χ0) is 17.8. The molecular weight excluding hydrogens is 320 g/mol. The van der Waals surface area contributed by atoms with Crippen molar-refractivity contribution < 1.29 is 14.4 Å². The van der Waals surface area contributed by atoms with Crippen LogP contribution in [0.3, 0.4) is 0 Å². The maximum Gasteiger partial charge on any atom is 0.317 e. The zero-order valence-electron chi connectivity index (χ0n) is 14.4. The van der Waals surface area contributed by atoms with Gasteiger partial charge < -0.3 is 20.9 Å². The number of piperidine rings is 1. The fraction of sp³-hybridized carbons (Fsp3) is 0.500. The average Bonchev–Trinajstić information content (AvgIpc) is 3.38. The van der Waals surface area contributed by atoms with Crippen LogP contribution in [-0.4, -0.2) is 41.9 Å². The number of rotatable bonds is 4. The van der Waals surface area contributed by atoms with Gasteiger partial charge >= 0.3 is 6.03 Å². The quantitative estimate of drug-likeness (QED) is 0.782. The summed E-state index contributed by atoms with van der Waals surface area (Å²) in [5, 5.41) is 8.56. The van der Waals surface area contributed by atoms with Gasteiger partial charge in [0.1, 0.15) is 0 Å². The van der Waals surface area contributed by atoms with Crippen LogP contribution >= 0.6 is 0 Å². The topological polar surface area (TPSA) is 90.5 Å². The Bertz CT molecular complexity index is 672. The molecule has 2 aliphatic rings. The highest BCUT2D eigenvalue weighted by molar-refractivity contribution is 5.95. The highest BCUT2D eigenvalue weighted by atomic mass is 16.2. The van der Waals surface area contributed by atoms with Crippen molar-refractivity contribution in [2.75, 3.05) is 23.7 Å². The van der Waals surface area contributed by atoms with Crippen molar-refractivity contribution in [3.05, 3.63) is 24.3 Å². The van der Waals surface area contributed by atoms with E-state index in [1.807, 2.05) is 0 Å². The Kier molecular flexibility index (Phi) is 5.21. The van der Waals surface area contributed by atoms with E-state index >= 15 is 0 Å². The molecule has 3 N–H and O–H groups in total. The largest absolute Gasteiger partial charge is 0.335 e. The first-order chi connectivity index (χ1) is 12.0. The first kappa shape index (κ1) is 17.3. The molecule has 7 heteroatoms. The Morgan fingerprint density at radius 2 is 1.80 bits per heavy atom. The molecule has 1 saturated carbocycles. The lowest BCUT2D eigenvalue weighted by Crippen LogP contribution is -2.48. The number of carbonyl (C=O) groups is 3. The van der Waals surface area contributed by atoms with E-state index in [1.165, 1.54) is 6.92 Å². The van der Waals surface area contributed by atoms with Crippen LogP contribution in [0.25, 0.3) is 0 Å². The molecule has 0 bridgehead atoms. The molecule has 1 aliphatic heterocycles. The van der Waals surface area contributed by atoms with Crippen molar-refractivity contribution in [3.63, 3.8) is 0 Å². The van der Waals surface area contributed by atoms with Crippen LogP contribution < -0.4 is 16.0 Å². The number of carbonyl (C=O) groups excluding carboxylic acids is 3. The molecule has 1 aromatic carbocycles.